The molecule has 2 unspecified atom stereocenters. The lowest BCUT2D eigenvalue weighted by Gasteiger charge is -2.55. The van der Waals surface area contributed by atoms with Crippen molar-refractivity contribution >= 4 is 23.2 Å². The maximum atomic E-state index is 11.3. The summed E-state index contributed by atoms with van der Waals surface area (Å²) in [7, 11) is 0. The van der Waals surface area contributed by atoms with Gasteiger partial charge in [0.25, 0.3) is 0 Å². The highest BCUT2D eigenvalue weighted by Crippen LogP contribution is 2.55. The van der Waals surface area contributed by atoms with E-state index in [-0.39, 0.29) is 5.41 Å². The number of hydrogen-bond donors (Lipinski definition) is 2. The molecule has 0 bridgehead atoms. The van der Waals surface area contributed by atoms with Crippen molar-refractivity contribution in [1.82, 2.24) is 0 Å². The van der Waals surface area contributed by atoms with Gasteiger partial charge in [0.05, 0.1) is 5.60 Å². The summed E-state index contributed by atoms with van der Waals surface area (Å²) in [4.78, 5) is 0. The summed E-state index contributed by atoms with van der Waals surface area (Å²) in [6.45, 7) is 0.575. The number of halogens is 2. The molecule has 0 heterocycles. The first-order chi connectivity index (χ1) is 9.52. The molecule has 0 spiro atoms. The quantitative estimate of drug-likeness (QED) is 0.871. The maximum Gasteiger partial charge on any atom is 0.0747 e. The zero-order valence-corrected chi connectivity index (χ0v) is 13.1. The first-order valence-corrected chi connectivity index (χ1v) is 8.19. The Morgan fingerprint density at radius 3 is 2.65 bits per heavy atom. The summed E-state index contributed by atoms with van der Waals surface area (Å²) >= 11 is 12.6. The normalized spacial score (nSPS) is 32.6. The highest BCUT2D eigenvalue weighted by molar-refractivity contribution is 6.35. The molecule has 1 aromatic carbocycles. The van der Waals surface area contributed by atoms with Crippen LogP contribution in [0.3, 0.4) is 0 Å². The standard InChI is InChI=1S/C16H21Cl2NO/c17-11-9-13-12(14(18)10-11)3-6-16(20)5-2-1-4-15(13,16)7-8-19/h9-10,20H,1-8,19H2. The van der Waals surface area contributed by atoms with Gasteiger partial charge in [0.1, 0.15) is 0 Å². The van der Waals surface area contributed by atoms with Crippen LogP contribution in [0.2, 0.25) is 10.0 Å². The first-order valence-electron chi connectivity index (χ1n) is 7.43. The van der Waals surface area contributed by atoms with Gasteiger partial charge in [-0.25, -0.2) is 0 Å². The van der Waals surface area contributed by atoms with Crippen LogP contribution in [0.1, 0.15) is 49.7 Å². The zero-order valence-electron chi connectivity index (χ0n) is 11.6. The van der Waals surface area contributed by atoms with E-state index in [1.165, 1.54) is 0 Å². The summed E-state index contributed by atoms with van der Waals surface area (Å²) in [6.07, 6.45) is 6.46. The summed E-state index contributed by atoms with van der Waals surface area (Å²) in [5.41, 5.74) is 7.28. The molecule has 2 atom stereocenters. The van der Waals surface area contributed by atoms with E-state index in [4.69, 9.17) is 28.9 Å². The molecule has 20 heavy (non-hydrogen) atoms. The Balaban J connectivity index is 2.22. The lowest BCUT2D eigenvalue weighted by atomic mass is 9.53. The number of fused-ring (bicyclic) bond motifs is 3. The number of benzene rings is 1. The molecule has 1 fully saturated rings. The lowest BCUT2D eigenvalue weighted by molar-refractivity contribution is -0.0861. The highest BCUT2D eigenvalue weighted by Gasteiger charge is 2.54. The van der Waals surface area contributed by atoms with Gasteiger partial charge >= 0.3 is 0 Å². The van der Waals surface area contributed by atoms with Gasteiger partial charge in [0.15, 0.2) is 0 Å². The van der Waals surface area contributed by atoms with Crippen molar-refractivity contribution < 1.29 is 5.11 Å². The summed E-state index contributed by atoms with van der Waals surface area (Å²) in [6, 6.07) is 3.82. The topological polar surface area (TPSA) is 46.2 Å². The van der Waals surface area contributed by atoms with Crippen LogP contribution >= 0.6 is 23.2 Å². The van der Waals surface area contributed by atoms with E-state index in [1.54, 1.807) is 0 Å². The molecule has 2 nitrogen and oxygen atoms in total. The average molecular weight is 314 g/mol. The molecule has 4 heteroatoms. The third kappa shape index (κ3) is 2.00. The Morgan fingerprint density at radius 2 is 1.90 bits per heavy atom. The van der Waals surface area contributed by atoms with E-state index in [0.29, 0.717) is 11.6 Å². The van der Waals surface area contributed by atoms with E-state index >= 15 is 0 Å². The highest BCUT2D eigenvalue weighted by atomic mass is 35.5. The van der Waals surface area contributed by atoms with Crippen molar-refractivity contribution in [3.8, 4) is 0 Å². The van der Waals surface area contributed by atoms with Gasteiger partial charge in [-0.15, -0.1) is 0 Å². The molecule has 110 valence electrons. The van der Waals surface area contributed by atoms with Crippen LogP contribution in [0.15, 0.2) is 12.1 Å². The molecule has 2 aliphatic carbocycles. The van der Waals surface area contributed by atoms with Crippen molar-refractivity contribution in [2.75, 3.05) is 6.54 Å². The molecule has 0 amide bonds. The molecule has 0 saturated heterocycles. The Labute approximate surface area is 130 Å². The lowest BCUT2D eigenvalue weighted by Crippen LogP contribution is -2.57. The van der Waals surface area contributed by atoms with Crippen molar-refractivity contribution in [1.29, 1.82) is 0 Å². The molecule has 1 saturated carbocycles. The predicted molar refractivity (Wildman–Crippen MR) is 83.6 cm³/mol. The van der Waals surface area contributed by atoms with Crippen LogP contribution < -0.4 is 5.73 Å². The van der Waals surface area contributed by atoms with Gasteiger partial charge in [0.2, 0.25) is 0 Å². The predicted octanol–water partition coefficient (Wildman–Crippen LogP) is 3.83. The van der Waals surface area contributed by atoms with Crippen LogP contribution in [0.4, 0.5) is 0 Å². The number of rotatable bonds is 2. The van der Waals surface area contributed by atoms with Gasteiger partial charge in [-0.1, -0.05) is 36.0 Å². The summed E-state index contributed by atoms with van der Waals surface area (Å²) in [5, 5.41) is 12.6. The van der Waals surface area contributed by atoms with Crippen LogP contribution in [0, 0.1) is 0 Å². The van der Waals surface area contributed by atoms with Gasteiger partial charge in [-0.05, 0) is 61.9 Å². The van der Waals surface area contributed by atoms with Crippen molar-refractivity contribution in [3.63, 3.8) is 0 Å². The van der Waals surface area contributed by atoms with E-state index < -0.39 is 5.60 Å². The van der Waals surface area contributed by atoms with E-state index in [1.807, 2.05) is 12.1 Å². The third-order valence-electron chi connectivity index (χ3n) is 5.37. The fraction of sp³-hybridized carbons (Fsp3) is 0.625. The van der Waals surface area contributed by atoms with Gasteiger partial charge in [-0.2, -0.15) is 0 Å². The Kier molecular flexibility index (Phi) is 3.79. The largest absolute Gasteiger partial charge is 0.389 e. The molecular weight excluding hydrogens is 293 g/mol. The van der Waals surface area contributed by atoms with Crippen LogP contribution in [-0.2, 0) is 11.8 Å². The van der Waals surface area contributed by atoms with Gasteiger partial charge in [-0.3, -0.25) is 0 Å². The van der Waals surface area contributed by atoms with Crippen molar-refractivity contribution in [3.05, 3.63) is 33.3 Å². The second kappa shape index (κ2) is 5.17. The smallest absolute Gasteiger partial charge is 0.0747 e. The van der Waals surface area contributed by atoms with Gasteiger partial charge < -0.3 is 10.8 Å². The SMILES string of the molecule is NCCC12CCCCC1(O)CCc1c(Cl)cc(Cl)cc12. The van der Waals surface area contributed by atoms with Crippen molar-refractivity contribution in [2.45, 2.75) is 56.0 Å². The maximum absolute atomic E-state index is 11.3. The minimum atomic E-state index is -0.647. The first kappa shape index (κ1) is 14.6. The second-order valence-corrected chi connectivity index (χ2v) is 7.12. The van der Waals surface area contributed by atoms with Gasteiger partial charge in [0, 0.05) is 15.5 Å². The molecule has 0 radical (unpaired) electrons. The minimum absolute atomic E-state index is 0.262. The molecule has 2 aliphatic rings. The summed E-state index contributed by atoms with van der Waals surface area (Å²) < 4.78 is 0. The monoisotopic (exact) mass is 313 g/mol. The minimum Gasteiger partial charge on any atom is -0.389 e. The summed E-state index contributed by atoms with van der Waals surface area (Å²) in [5.74, 6) is 0. The zero-order chi connectivity index (χ0) is 14.4. The third-order valence-corrected chi connectivity index (χ3v) is 5.93. The van der Waals surface area contributed by atoms with Crippen LogP contribution in [0.25, 0.3) is 0 Å². The van der Waals surface area contributed by atoms with E-state index in [2.05, 4.69) is 0 Å². The number of nitrogens with two attached hydrogens (primary N) is 1. The molecule has 3 rings (SSSR count). The fourth-order valence-electron chi connectivity index (χ4n) is 4.42. The molecule has 1 aromatic rings. The molecular formula is C16H21Cl2NO. The average Bonchev–Trinajstić information content (AvgIpc) is 2.39. The molecule has 0 aliphatic heterocycles. The van der Waals surface area contributed by atoms with Crippen molar-refractivity contribution in [2.24, 2.45) is 5.73 Å². The van der Waals surface area contributed by atoms with E-state index in [0.717, 1.165) is 61.1 Å². The number of hydrogen-bond acceptors (Lipinski definition) is 2. The van der Waals surface area contributed by atoms with Crippen LogP contribution in [0.5, 0.6) is 0 Å². The fourth-order valence-corrected chi connectivity index (χ4v) is 5.01. The number of aliphatic hydroxyl groups is 1. The van der Waals surface area contributed by atoms with Crippen LogP contribution in [-0.4, -0.2) is 17.3 Å². The Bertz CT molecular complexity index is 529. The molecule has 0 aromatic heterocycles. The Morgan fingerprint density at radius 1 is 1.15 bits per heavy atom. The molecule has 3 N–H and O–H groups in total. The van der Waals surface area contributed by atoms with E-state index in [9.17, 15) is 5.11 Å². The Hall–Kier alpha value is -0.280. The second-order valence-electron chi connectivity index (χ2n) is 6.27.